The fourth-order valence-corrected chi connectivity index (χ4v) is 1.51. The molecule has 3 nitrogen and oxygen atoms in total. The minimum absolute atomic E-state index is 0.235. The summed E-state index contributed by atoms with van der Waals surface area (Å²) < 4.78 is 5.08. The van der Waals surface area contributed by atoms with E-state index < -0.39 is 0 Å². The van der Waals surface area contributed by atoms with Gasteiger partial charge in [-0.2, -0.15) is 0 Å². The number of nitrogens with two attached hydrogens (primary N) is 1. The lowest BCUT2D eigenvalue weighted by molar-refractivity contribution is 0.308. The van der Waals surface area contributed by atoms with Gasteiger partial charge < -0.3 is 10.5 Å². The van der Waals surface area contributed by atoms with E-state index in [4.69, 9.17) is 10.5 Å². The van der Waals surface area contributed by atoms with Crippen molar-refractivity contribution < 1.29 is 4.74 Å². The summed E-state index contributed by atoms with van der Waals surface area (Å²) in [4.78, 5) is 4.17. The smallest absolute Gasteiger partial charge is 0.282 e. The maximum absolute atomic E-state index is 5.42. The van der Waals surface area contributed by atoms with Gasteiger partial charge >= 0.3 is 0 Å². The van der Waals surface area contributed by atoms with Crippen molar-refractivity contribution in [3.05, 3.63) is 35.9 Å². The largest absolute Gasteiger partial charge is 0.463 e. The Balaban J connectivity index is 1.84. The zero-order valence-corrected chi connectivity index (χ0v) is 7.94. The van der Waals surface area contributed by atoms with Gasteiger partial charge in [0.2, 0.25) is 0 Å². The number of benzene rings is 1. The topological polar surface area (TPSA) is 47.6 Å². The minimum atomic E-state index is 0.235. The monoisotopic (exact) mass is 189 g/mol. The number of aryl methyl sites for hydroxylation is 1. The molecule has 1 aromatic rings. The molecule has 0 saturated heterocycles. The lowest BCUT2D eigenvalue weighted by Crippen LogP contribution is -2.10. The van der Waals surface area contributed by atoms with E-state index in [0.29, 0.717) is 12.6 Å². The van der Waals surface area contributed by atoms with Gasteiger partial charge in [0.25, 0.3) is 6.02 Å². The maximum Gasteiger partial charge on any atom is 0.282 e. The van der Waals surface area contributed by atoms with E-state index in [2.05, 4.69) is 23.2 Å². The first kappa shape index (κ1) is 9.06. The molecular formula is C11H13N2O. The van der Waals surface area contributed by atoms with Gasteiger partial charge in [0, 0.05) is 0 Å². The number of ether oxygens (including phenoxy) is 1. The molecule has 14 heavy (non-hydrogen) atoms. The Morgan fingerprint density at radius 2 is 2.29 bits per heavy atom. The third-order valence-corrected chi connectivity index (χ3v) is 2.29. The van der Waals surface area contributed by atoms with E-state index in [1.807, 2.05) is 12.1 Å². The normalized spacial score (nSPS) is 20.3. The molecular weight excluding hydrogens is 176 g/mol. The fourth-order valence-electron chi connectivity index (χ4n) is 1.51. The molecule has 0 spiro atoms. The highest BCUT2D eigenvalue weighted by Gasteiger charge is 2.15. The van der Waals surface area contributed by atoms with Crippen LogP contribution in [-0.4, -0.2) is 18.7 Å². The molecule has 0 aromatic heterocycles. The Kier molecular flexibility index (Phi) is 2.68. The molecule has 0 saturated carbocycles. The van der Waals surface area contributed by atoms with Gasteiger partial charge in [-0.05, 0) is 24.5 Å². The Labute approximate surface area is 83.6 Å². The van der Waals surface area contributed by atoms with E-state index >= 15 is 0 Å². The summed E-state index contributed by atoms with van der Waals surface area (Å²) in [5.41, 5.74) is 6.73. The van der Waals surface area contributed by atoms with E-state index in [9.17, 15) is 0 Å². The maximum atomic E-state index is 5.42. The Bertz CT molecular complexity index is 321. The third kappa shape index (κ3) is 2.25. The van der Waals surface area contributed by atoms with Crippen LogP contribution in [0.2, 0.25) is 0 Å². The molecule has 2 N–H and O–H groups in total. The van der Waals surface area contributed by atoms with Crippen LogP contribution in [0.25, 0.3) is 0 Å². The average molecular weight is 189 g/mol. The number of amidine groups is 1. The summed E-state index contributed by atoms with van der Waals surface area (Å²) in [6, 6.07) is 11.6. The van der Waals surface area contributed by atoms with Crippen LogP contribution in [0.3, 0.4) is 0 Å². The Morgan fingerprint density at radius 1 is 1.50 bits per heavy atom. The highest BCUT2D eigenvalue weighted by molar-refractivity contribution is 5.72. The van der Waals surface area contributed by atoms with Crippen molar-refractivity contribution in [1.82, 2.24) is 0 Å². The second-order valence-electron chi connectivity index (χ2n) is 3.38. The Morgan fingerprint density at radius 3 is 2.93 bits per heavy atom. The van der Waals surface area contributed by atoms with E-state index in [-0.39, 0.29) is 6.04 Å². The van der Waals surface area contributed by atoms with Gasteiger partial charge in [-0.1, -0.05) is 24.3 Å². The van der Waals surface area contributed by atoms with Gasteiger partial charge in [0.1, 0.15) is 6.61 Å². The van der Waals surface area contributed by atoms with Crippen LogP contribution in [0.15, 0.2) is 29.3 Å². The van der Waals surface area contributed by atoms with Gasteiger partial charge in [-0.15, -0.1) is 0 Å². The third-order valence-electron chi connectivity index (χ3n) is 2.29. The van der Waals surface area contributed by atoms with E-state index in [0.717, 1.165) is 12.8 Å². The summed E-state index contributed by atoms with van der Waals surface area (Å²) in [6.07, 6.45) is 2.00. The van der Waals surface area contributed by atoms with Crippen LogP contribution in [0.4, 0.5) is 0 Å². The molecule has 1 aliphatic heterocycles. The number of hydrogen-bond donors (Lipinski definition) is 1. The van der Waals surface area contributed by atoms with Gasteiger partial charge in [-0.25, -0.2) is 4.99 Å². The standard InChI is InChI=1S/C11H13N2O/c12-11-13-10(8-14-11)7-6-9-4-2-1-3-5-9/h2-5,10H,6-8H2,(H2,12,13). The summed E-state index contributed by atoms with van der Waals surface area (Å²) in [6.45, 7) is 0.630. The summed E-state index contributed by atoms with van der Waals surface area (Å²) in [7, 11) is 0. The SMILES string of the molecule is NC1=NC(CCc2cc[c]cc2)CO1. The molecule has 0 bridgehead atoms. The summed E-state index contributed by atoms with van der Waals surface area (Å²) >= 11 is 0. The molecule has 1 aliphatic rings. The first-order valence-corrected chi connectivity index (χ1v) is 4.75. The molecule has 0 aliphatic carbocycles. The van der Waals surface area contributed by atoms with Crippen LogP contribution in [-0.2, 0) is 11.2 Å². The molecule has 1 radical (unpaired) electrons. The molecule has 2 rings (SSSR count). The van der Waals surface area contributed by atoms with Gasteiger partial charge in [-0.3, -0.25) is 0 Å². The molecule has 1 atom stereocenters. The van der Waals surface area contributed by atoms with E-state index in [1.165, 1.54) is 5.56 Å². The first-order valence-electron chi connectivity index (χ1n) is 4.75. The number of rotatable bonds is 3. The van der Waals surface area contributed by atoms with Crippen molar-refractivity contribution in [2.24, 2.45) is 10.7 Å². The van der Waals surface area contributed by atoms with Crippen LogP contribution in [0.1, 0.15) is 12.0 Å². The molecule has 1 aromatic carbocycles. The highest BCUT2D eigenvalue weighted by atomic mass is 16.5. The van der Waals surface area contributed by atoms with Crippen molar-refractivity contribution >= 4 is 6.02 Å². The molecule has 1 unspecified atom stereocenters. The van der Waals surface area contributed by atoms with Crippen molar-refractivity contribution in [3.63, 3.8) is 0 Å². The van der Waals surface area contributed by atoms with Crippen molar-refractivity contribution in [2.75, 3.05) is 6.61 Å². The summed E-state index contributed by atoms with van der Waals surface area (Å²) in [5.74, 6) is 0. The zero-order chi connectivity index (χ0) is 9.80. The summed E-state index contributed by atoms with van der Waals surface area (Å²) in [5, 5.41) is 0. The van der Waals surface area contributed by atoms with Crippen LogP contribution in [0, 0.1) is 6.07 Å². The molecule has 0 amide bonds. The van der Waals surface area contributed by atoms with Crippen molar-refractivity contribution in [1.29, 1.82) is 0 Å². The predicted octanol–water partition coefficient (Wildman–Crippen LogP) is 1.13. The van der Waals surface area contributed by atoms with Gasteiger partial charge in [0.05, 0.1) is 6.04 Å². The Hall–Kier alpha value is -1.51. The van der Waals surface area contributed by atoms with Crippen molar-refractivity contribution in [3.8, 4) is 0 Å². The highest BCUT2D eigenvalue weighted by Crippen LogP contribution is 2.10. The quantitative estimate of drug-likeness (QED) is 0.774. The molecule has 3 heteroatoms. The average Bonchev–Trinajstić information content (AvgIpc) is 2.63. The second kappa shape index (κ2) is 4.13. The van der Waals surface area contributed by atoms with Crippen molar-refractivity contribution in [2.45, 2.75) is 18.9 Å². The molecule has 0 fully saturated rings. The molecule has 73 valence electrons. The molecule has 1 heterocycles. The van der Waals surface area contributed by atoms with Crippen LogP contribution >= 0.6 is 0 Å². The lowest BCUT2D eigenvalue weighted by Gasteiger charge is -2.04. The van der Waals surface area contributed by atoms with Gasteiger partial charge in [0.15, 0.2) is 0 Å². The second-order valence-corrected chi connectivity index (χ2v) is 3.38. The number of aliphatic imine (C=N–C) groups is 1. The predicted molar refractivity (Wildman–Crippen MR) is 55.0 cm³/mol. The minimum Gasteiger partial charge on any atom is -0.463 e. The first-order chi connectivity index (χ1) is 6.84. The fraction of sp³-hybridized carbons (Fsp3) is 0.364. The lowest BCUT2D eigenvalue weighted by atomic mass is 10.1. The number of nitrogens with zero attached hydrogens (tertiary/aromatic N) is 1. The van der Waals surface area contributed by atoms with E-state index in [1.54, 1.807) is 0 Å². The van der Waals surface area contributed by atoms with Crippen LogP contribution < -0.4 is 5.73 Å². The zero-order valence-electron chi connectivity index (χ0n) is 7.94. The number of hydrogen-bond acceptors (Lipinski definition) is 3. The van der Waals surface area contributed by atoms with Crippen LogP contribution in [0.5, 0.6) is 0 Å².